The van der Waals surface area contributed by atoms with Crippen molar-refractivity contribution in [3.05, 3.63) is 60.3 Å². The van der Waals surface area contributed by atoms with Gasteiger partial charge in [0.1, 0.15) is 0 Å². The number of allylic oxidation sites excluding steroid dienone is 2. The molecule has 1 heterocycles. The van der Waals surface area contributed by atoms with Crippen molar-refractivity contribution in [1.29, 1.82) is 0 Å². The second kappa shape index (κ2) is 4.09. The van der Waals surface area contributed by atoms with Crippen LogP contribution in [0, 0.1) is 0 Å². The molecule has 0 radical (unpaired) electrons. The van der Waals surface area contributed by atoms with Crippen LogP contribution in [0.25, 0.3) is 17.0 Å². The quantitative estimate of drug-likeness (QED) is 0.664. The minimum absolute atomic E-state index is 0.969. The Balaban J connectivity index is 2.43. The molecule has 0 atom stereocenters. The Kier molecular flexibility index (Phi) is 2.64. The van der Waals surface area contributed by atoms with Crippen LogP contribution in [-0.4, -0.2) is 4.98 Å². The van der Waals surface area contributed by atoms with E-state index in [1.807, 2.05) is 43.3 Å². The lowest BCUT2D eigenvalue weighted by molar-refractivity contribution is 1.37. The van der Waals surface area contributed by atoms with E-state index in [0.717, 1.165) is 16.8 Å². The van der Waals surface area contributed by atoms with E-state index in [0.29, 0.717) is 0 Å². The number of hydrogen-bond donors (Lipinski definition) is 0. The molecule has 0 saturated carbocycles. The summed E-state index contributed by atoms with van der Waals surface area (Å²) >= 11 is 0. The molecule has 1 aromatic carbocycles. The topological polar surface area (TPSA) is 12.9 Å². The molecule has 74 valence electrons. The molecule has 0 fully saturated rings. The third-order valence-corrected chi connectivity index (χ3v) is 2.16. The van der Waals surface area contributed by atoms with Crippen LogP contribution >= 0.6 is 0 Å². The molecule has 0 spiro atoms. The average Bonchev–Trinajstić information content (AvgIpc) is 2.26. The van der Waals surface area contributed by atoms with Gasteiger partial charge in [0.25, 0.3) is 0 Å². The first-order chi connectivity index (χ1) is 7.25. The van der Waals surface area contributed by atoms with E-state index in [-0.39, 0.29) is 0 Å². The highest BCUT2D eigenvalue weighted by molar-refractivity contribution is 5.79. The number of aromatic nitrogens is 1. The van der Waals surface area contributed by atoms with Gasteiger partial charge < -0.3 is 0 Å². The maximum absolute atomic E-state index is 4.52. The Morgan fingerprint density at radius 2 is 2.00 bits per heavy atom. The molecule has 2 rings (SSSR count). The largest absolute Gasteiger partial charge is 0.248 e. The van der Waals surface area contributed by atoms with Crippen LogP contribution in [0.3, 0.4) is 0 Å². The SMILES string of the molecule is C=C(C)/C=C/c1ccc2ccccc2n1. The van der Waals surface area contributed by atoms with Crippen LogP contribution < -0.4 is 0 Å². The molecular weight excluding hydrogens is 182 g/mol. The van der Waals surface area contributed by atoms with E-state index in [1.165, 1.54) is 5.39 Å². The number of pyridine rings is 1. The molecule has 0 aliphatic heterocycles. The first kappa shape index (κ1) is 9.66. The normalized spacial score (nSPS) is 11.0. The number of para-hydroxylation sites is 1. The van der Waals surface area contributed by atoms with Crippen LogP contribution in [0.5, 0.6) is 0 Å². The Labute approximate surface area is 89.8 Å². The van der Waals surface area contributed by atoms with Gasteiger partial charge in [0.05, 0.1) is 11.2 Å². The minimum atomic E-state index is 0.969. The smallest absolute Gasteiger partial charge is 0.0709 e. The van der Waals surface area contributed by atoms with E-state index >= 15 is 0 Å². The van der Waals surface area contributed by atoms with Gasteiger partial charge >= 0.3 is 0 Å². The fourth-order valence-corrected chi connectivity index (χ4v) is 1.40. The Morgan fingerprint density at radius 1 is 1.20 bits per heavy atom. The van der Waals surface area contributed by atoms with E-state index in [2.05, 4.69) is 23.7 Å². The van der Waals surface area contributed by atoms with Crippen molar-refractivity contribution in [3.63, 3.8) is 0 Å². The highest BCUT2D eigenvalue weighted by Crippen LogP contribution is 2.12. The molecule has 1 heteroatoms. The van der Waals surface area contributed by atoms with Crippen LogP contribution in [0.2, 0.25) is 0 Å². The van der Waals surface area contributed by atoms with Crippen molar-refractivity contribution >= 4 is 17.0 Å². The second-order valence-corrected chi connectivity index (χ2v) is 3.61. The highest BCUT2D eigenvalue weighted by atomic mass is 14.7. The van der Waals surface area contributed by atoms with Crippen molar-refractivity contribution in [2.45, 2.75) is 6.92 Å². The molecule has 0 unspecified atom stereocenters. The third-order valence-electron chi connectivity index (χ3n) is 2.16. The Hall–Kier alpha value is -1.89. The predicted molar refractivity (Wildman–Crippen MR) is 65.6 cm³/mol. The van der Waals surface area contributed by atoms with E-state index in [9.17, 15) is 0 Å². The predicted octanol–water partition coefficient (Wildman–Crippen LogP) is 3.82. The Bertz CT molecular complexity index is 524. The van der Waals surface area contributed by atoms with Gasteiger partial charge in [-0.1, -0.05) is 42.5 Å². The van der Waals surface area contributed by atoms with Gasteiger partial charge in [-0.15, -0.1) is 0 Å². The van der Waals surface area contributed by atoms with Crippen molar-refractivity contribution in [2.75, 3.05) is 0 Å². The van der Waals surface area contributed by atoms with Gasteiger partial charge in [-0.3, -0.25) is 0 Å². The summed E-state index contributed by atoms with van der Waals surface area (Å²) in [5.74, 6) is 0. The number of benzene rings is 1. The summed E-state index contributed by atoms with van der Waals surface area (Å²) in [6.45, 7) is 5.79. The lowest BCUT2D eigenvalue weighted by atomic mass is 10.2. The summed E-state index contributed by atoms with van der Waals surface area (Å²) in [5.41, 5.74) is 3.03. The zero-order valence-corrected chi connectivity index (χ0v) is 8.77. The molecule has 1 aromatic heterocycles. The van der Waals surface area contributed by atoms with Gasteiger partial charge in [0.2, 0.25) is 0 Å². The first-order valence-corrected chi connectivity index (χ1v) is 4.95. The standard InChI is InChI=1S/C14H13N/c1-11(2)7-9-13-10-8-12-5-3-4-6-14(12)15-13/h3-10H,1H2,2H3/b9-7+. The van der Waals surface area contributed by atoms with Gasteiger partial charge in [0.15, 0.2) is 0 Å². The van der Waals surface area contributed by atoms with Crippen LogP contribution in [-0.2, 0) is 0 Å². The van der Waals surface area contributed by atoms with Gasteiger partial charge in [0, 0.05) is 5.39 Å². The number of fused-ring (bicyclic) bond motifs is 1. The summed E-state index contributed by atoms with van der Waals surface area (Å²) in [6.07, 6.45) is 3.95. The van der Waals surface area contributed by atoms with Crippen molar-refractivity contribution in [1.82, 2.24) is 4.98 Å². The zero-order valence-electron chi connectivity index (χ0n) is 8.77. The number of nitrogens with zero attached hydrogens (tertiary/aromatic N) is 1. The van der Waals surface area contributed by atoms with Gasteiger partial charge in [-0.25, -0.2) is 4.98 Å². The molecule has 0 aliphatic carbocycles. The molecule has 2 aromatic rings. The Morgan fingerprint density at radius 3 is 2.80 bits per heavy atom. The summed E-state index contributed by atoms with van der Waals surface area (Å²) in [5, 5.41) is 1.17. The first-order valence-electron chi connectivity index (χ1n) is 4.95. The van der Waals surface area contributed by atoms with Crippen LogP contribution in [0.15, 0.2) is 54.6 Å². The average molecular weight is 195 g/mol. The molecule has 1 nitrogen and oxygen atoms in total. The lowest BCUT2D eigenvalue weighted by Gasteiger charge is -1.98. The summed E-state index contributed by atoms with van der Waals surface area (Å²) < 4.78 is 0. The van der Waals surface area contributed by atoms with E-state index in [1.54, 1.807) is 0 Å². The highest BCUT2D eigenvalue weighted by Gasteiger charge is 1.93. The fraction of sp³-hybridized carbons (Fsp3) is 0.0714. The minimum Gasteiger partial charge on any atom is -0.248 e. The molecule has 0 saturated heterocycles. The van der Waals surface area contributed by atoms with Crippen LogP contribution in [0.1, 0.15) is 12.6 Å². The lowest BCUT2D eigenvalue weighted by Crippen LogP contribution is -1.82. The maximum Gasteiger partial charge on any atom is 0.0709 e. The summed E-state index contributed by atoms with van der Waals surface area (Å²) in [4.78, 5) is 4.52. The van der Waals surface area contributed by atoms with Crippen molar-refractivity contribution in [3.8, 4) is 0 Å². The van der Waals surface area contributed by atoms with Crippen molar-refractivity contribution < 1.29 is 0 Å². The van der Waals surface area contributed by atoms with Gasteiger partial charge in [-0.05, 0) is 25.1 Å². The summed E-state index contributed by atoms with van der Waals surface area (Å²) in [7, 11) is 0. The number of rotatable bonds is 2. The van der Waals surface area contributed by atoms with Crippen LogP contribution in [0.4, 0.5) is 0 Å². The number of hydrogen-bond acceptors (Lipinski definition) is 1. The van der Waals surface area contributed by atoms with E-state index in [4.69, 9.17) is 0 Å². The maximum atomic E-state index is 4.52. The van der Waals surface area contributed by atoms with Crippen molar-refractivity contribution in [2.24, 2.45) is 0 Å². The molecule has 0 aliphatic rings. The molecule has 0 amide bonds. The molecule has 15 heavy (non-hydrogen) atoms. The monoisotopic (exact) mass is 195 g/mol. The van der Waals surface area contributed by atoms with Gasteiger partial charge in [-0.2, -0.15) is 0 Å². The van der Waals surface area contributed by atoms with E-state index < -0.39 is 0 Å². The fourth-order valence-electron chi connectivity index (χ4n) is 1.40. The second-order valence-electron chi connectivity index (χ2n) is 3.61. The third kappa shape index (κ3) is 2.32. The molecular formula is C14H13N. The summed E-state index contributed by atoms with van der Waals surface area (Å²) in [6, 6.07) is 12.2. The molecule has 0 bridgehead atoms. The molecule has 0 N–H and O–H groups in total. The zero-order chi connectivity index (χ0) is 10.7.